The van der Waals surface area contributed by atoms with Crippen molar-refractivity contribution in [3.05, 3.63) is 24.3 Å². The fourth-order valence-corrected chi connectivity index (χ4v) is 2.40. The molecule has 1 aliphatic rings. The van der Waals surface area contributed by atoms with Gasteiger partial charge in [-0.15, -0.1) is 0 Å². The zero-order valence-electron chi connectivity index (χ0n) is 13.4. The molecule has 0 aromatic rings. The summed E-state index contributed by atoms with van der Waals surface area (Å²) < 4.78 is 9.51. The zero-order chi connectivity index (χ0) is 16.4. The van der Waals surface area contributed by atoms with Gasteiger partial charge in [-0.1, -0.05) is 38.0 Å². The summed E-state index contributed by atoms with van der Waals surface area (Å²) >= 11 is 0. The number of methoxy groups -OCH3 is 1. The average Bonchev–Trinajstić information content (AvgIpc) is 2.49. The second-order valence-electron chi connectivity index (χ2n) is 5.70. The Balaban J connectivity index is 2.05. The fraction of sp³-hybridized carbons (Fsp3) is 0.647. The van der Waals surface area contributed by atoms with Crippen molar-refractivity contribution >= 4 is 11.9 Å². The third-order valence-corrected chi connectivity index (χ3v) is 3.87. The SMILES string of the molecule is COC(=O)/C=C/C=C/CC(C)CCCCC1OC(=O)C1CO. The molecule has 0 radical (unpaired) electrons. The number of aliphatic hydroxyl groups is 1. The number of esters is 2. The standard InChI is InChI=1S/C17H26O5/c1-13(8-4-3-5-11-16(19)21-2)9-6-7-10-15-14(12-18)17(20)22-15/h3-5,11,13-15,18H,6-10,12H2,1-2H3/b4-3+,11-5+. The van der Waals surface area contributed by atoms with E-state index < -0.39 is 0 Å². The van der Waals surface area contributed by atoms with Crippen LogP contribution in [0.2, 0.25) is 0 Å². The van der Waals surface area contributed by atoms with Crippen LogP contribution in [0.1, 0.15) is 39.0 Å². The van der Waals surface area contributed by atoms with Crippen molar-refractivity contribution in [2.45, 2.75) is 45.1 Å². The lowest BCUT2D eigenvalue weighted by Crippen LogP contribution is -2.47. The van der Waals surface area contributed by atoms with Gasteiger partial charge in [0.15, 0.2) is 0 Å². The zero-order valence-corrected chi connectivity index (χ0v) is 13.4. The average molecular weight is 310 g/mol. The van der Waals surface area contributed by atoms with Crippen molar-refractivity contribution < 1.29 is 24.2 Å². The van der Waals surface area contributed by atoms with Crippen molar-refractivity contribution in [1.82, 2.24) is 0 Å². The van der Waals surface area contributed by atoms with Gasteiger partial charge in [0.05, 0.1) is 13.7 Å². The molecular formula is C17H26O5. The summed E-state index contributed by atoms with van der Waals surface area (Å²) in [7, 11) is 1.35. The minimum absolute atomic E-state index is 0.0869. The Morgan fingerprint density at radius 3 is 2.82 bits per heavy atom. The minimum atomic E-state index is -0.351. The van der Waals surface area contributed by atoms with Crippen molar-refractivity contribution in [2.75, 3.05) is 13.7 Å². The summed E-state index contributed by atoms with van der Waals surface area (Å²) in [4.78, 5) is 21.9. The lowest BCUT2D eigenvalue weighted by Gasteiger charge is -2.33. The molecule has 0 bridgehead atoms. The predicted molar refractivity (Wildman–Crippen MR) is 83.0 cm³/mol. The maximum Gasteiger partial charge on any atom is 0.330 e. The first-order chi connectivity index (χ1) is 10.6. The summed E-state index contributed by atoms with van der Waals surface area (Å²) in [5.41, 5.74) is 0. The highest BCUT2D eigenvalue weighted by Crippen LogP contribution is 2.27. The smallest absolute Gasteiger partial charge is 0.330 e. The summed E-state index contributed by atoms with van der Waals surface area (Å²) in [6, 6.07) is 0. The van der Waals surface area contributed by atoms with Crippen LogP contribution >= 0.6 is 0 Å². The van der Waals surface area contributed by atoms with Crippen LogP contribution < -0.4 is 0 Å². The lowest BCUT2D eigenvalue weighted by atomic mass is 9.92. The van der Waals surface area contributed by atoms with E-state index in [-0.39, 0.29) is 30.6 Å². The molecule has 0 aromatic heterocycles. The quantitative estimate of drug-likeness (QED) is 0.290. The van der Waals surface area contributed by atoms with Gasteiger partial charge in [-0.25, -0.2) is 4.79 Å². The van der Waals surface area contributed by atoms with Crippen LogP contribution in [0.15, 0.2) is 24.3 Å². The Bertz CT molecular complexity index is 413. The maximum atomic E-state index is 11.0. The highest BCUT2D eigenvalue weighted by Gasteiger charge is 2.40. The van der Waals surface area contributed by atoms with Crippen LogP contribution in [0.3, 0.4) is 0 Å². The van der Waals surface area contributed by atoms with E-state index in [0.717, 1.165) is 32.1 Å². The van der Waals surface area contributed by atoms with E-state index in [1.807, 2.05) is 12.2 Å². The van der Waals surface area contributed by atoms with E-state index in [0.29, 0.717) is 5.92 Å². The summed E-state index contributed by atoms with van der Waals surface area (Å²) in [5.74, 6) is -0.357. The number of carbonyl (C=O) groups is 2. The first kappa shape index (κ1) is 18.4. The van der Waals surface area contributed by atoms with Gasteiger partial charge in [0.2, 0.25) is 0 Å². The van der Waals surface area contributed by atoms with Gasteiger partial charge in [-0.3, -0.25) is 4.79 Å². The molecule has 1 saturated heterocycles. The van der Waals surface area contributed by atoms with Crippen LogP contribution in [0, 0.1) is 11.8 Å². The van der Waals surface area contributed by atoms with Gasteiger partial charge in [-0.2, -0.15) is 0 Å². The highest BCUT2D eigenvalue weighted by molar-refractivity contribution is 5.82. The third kappa shape index (κ3) is 6.43. The Morgan fingerprint density at radius 2 is 2.18 bits per heavy atom. The molecule has 1 heterocycles. The molecule has 1 N–H and O–H groups in total. The predicted octanol–water partition coefficient (Wildman–Crippen LogP) is 2.39. The largest absolute Gasteiger partial charge is 0.466 e. The molecule has 0 amide bonds. The lowest BCUT2D eigenvalue weighted by molar-refractivity contribution is -0.189. The van der Waals surface area contributed by atoms with E-state index in [2.05, 4.69) is 11.7 Å². The minimum Gasteiger partial charge on any atom is -0.466 e. The monoisotopic (exact) mass is 310 g/mol. The van der Waals surface area contributed by atoms with Crippen molar-refractivity contribution in [3.63, 3.8) is 0 Å². The molecule has 22 heavy (non-hydrogen) atoms. The number of carbonyl (C=O) groups excluding carboxylic acids is 2. The molecule has 3 unspecified atom stereocenters. The molecule has 0 aromatic carbocycles. The second kappa shape index (κ2) is 10.2. The Hall–Kier alpha value is -1.62. The van der Waals surface area contributed by atoms with Gasteiger partial charge < -0.3 is 14.6 Å². The molecule has 1 fully saturated rings. The van der Waals surface area contributed by atoms with Crippen LogP contribution in [-0.4, -0.2) is 36.9 Å². The number of rotatable bonds is 10. The summed E-state index contributed by atoms with van der Waals surface area (Å²) in [5, 5.41) is 9.02. The van der Waals surface area contributed by atoms with Crippen LogP contribution in [0.25, 0.3) is 0 Å². The molecule has 1 rings (SSSR count). The molecule has 0 spiro atoms. The molecule has 5 nitrogen and oxygen atoms in total. The van der Waals surface area contributed by atoms with Gasteiger partial charge >= 0.3 is 11.9 Å². The Labute approximate surface area is 132 Å². The molecule has 1 aliphatic heterocycles. The number of hydrogen-bond acceptors (Lipinski definition) is 5. The normalized spacial score (nSPS) is 22.6. The molecule has 124 valence electrons. The van der Waals surface area contributed by atoms with Crippen molar-refractivity contribution in [1.29, 1.82) is 0 Å². The van der Waals surface area contributed by atoms with Crippen LogP contribution in [0.5, 0.6) is 0 Å². The number of allylic oxidation sites excluding steroid dienone is 3. The summed E-state index contributed by atoms with van der Waals surface area (Å²) in [6.07, 6.45) is 11.9. The van der Waals surface area contributed by atoms with E-state index in [1.54, 1.807) is 6.08 Å². The first-order valence-electron chi connectivity index (χ1n) is 7.81. The number of ether oxygens (including phenoxy) is 2. The topological polar surface area (TPSA) is 72.8 Å². The molecular weight excluding hydrogens is 284 g/mol. The Kier molecular flexibility index (Phi) is 8.51. The van der Waals surface area contributed by atoms with Crippen LogP contribution in [0.4, 0.5) is 0 Å². The van der Waals surface area contributed by atoms with E-state index >= 15 is 0 Å². The third-order valence-electron chi connectivity index (χ3n) is 3.87. The van der Waals surface area contributed by atoms with Crippen LogP contribution in [-0.2, 0) is 19.1 Å². The van der Waals surface area contributed by atoms with E-state index in [9.17, 15) is 9.59 Å². The van der Waals surface area contributed by atoms with Gasteiger partial charge in [0.1, 0.15) is 12.0 Å². The number of cyclic esters (lactones) is 1. The van der Waals surface area contributed by atoms with Crippen molar-refractivity contribution in [2.24, 2.45) is 11.8 Å². The molecule has 0 saturated carbocycles. The second-order valence-corrected chi connectivity index (χ2v) is 5.70. The molecule has 0 aliphatic carbocycles. The number of aliphatic hydroxyl groups excluding tert-OH is 1. The van der Waals surface area contributed by atoms with Crippen molar-refractivity contribution in [3.8, 4) is 0 Å². The first-order valence-corrected chi connectivity index (χ1v) is 7.81. The van der Waals surface area contributed by atoms with Gasteiger partial charge in [0.25, 0.3) is 0 Å². The molecule has 3 atom stereocenters. The fourth-order valence-electron chi connectivity index (χ4n) is 2.40. The van der Waals surface area contributed by atoms with E-state index in [4.69, 9.17) is 9.84 Å². The Morgan fingerprint density at radius 1 is 1.41 bits per heavy atom. The molecule has 5 heteroatoms. The van der Waals surface area contributed by atoms with E-state index in [1.165, 1.54) is 13.2 Å². The highest BCUT2D eigenvalue weighted by atomic mass is 16.6. The maximum absolute atomic E-state index is 11.0. The summed E-state index contributed by atoms with van der Waals surface area (Å²) in [6.45, 7) is 2.08. The van der Waals surface area contributed by atoms with Gasteiger partial charge in [0, 0.05) is 6.08 Å². The van der Waals surface area contributed by atoms with Gasteiger partial charge in [-0.05, 0) is 25.2 Å². The number of unbranched alkanes of at least 4 members (excludes halogenated alkanes) is 1. The number of hydrogen-bond donors (Lipinski definition) is 1.